The van der Waals surface area contributed by atoms with Crippen LogP contribution in [0.5, 0.6) is 5.75 Å². The molecule has 2 rings (SSSR count). The summed E-state index contributed by atoms with van der Waals surface area (Å²) in [5, 5.41) is 16.6. The van der Waals surface area contributed by atoms with Gasteiger partial charge in [-0.05, 0) is 31.2 Å². The summed E-state index contributed by atoms with van der Waals surface area (Å²) in [5.41, 5.74) is 0.828. The summed E-state index contributed by atoms with van der Waals surface area (Å²) in [7, 11) is 0. The summed E-state index contributed by atoms with van der Waals surface area (Å²) >= 11 is 1.22. The van der Waals surface area contributed by atoms with Gasteiger partial charge in [-0.25, -0.2) is 0 Å². The molecule has 0 aliphatic rings. The molecule has 18 heavy (non-hydrogen) atoms. The van der Waals surface area contributed by atoms with Crippen LogP contribution in [0, 0.1) is 11.3 Å². The van der Waals surface area contributed by atoms with Gasteiger partial charge in [0.25, 0.3) is 5.22 Å². The summed E-state index contributed by atoms with van der Waals surface area (Å²) in [6.45, 7) is 2.57. The molecule has 5 nitrogen and oxygen atoms in total. The zero-order valence-electron chi connectivity index (χ0n) is 9.79. The predicted octanol–water partition coefficient (Wildman–Crippen LogP) is 2.75. The van der Waals surface area contributed by atoms with E-state index in [-0.39, 0.29) is 0 Å². The van der Waals surface area contributed by atoms with Crippen molar-refractivity contribution in [2.24, 2.45) is 0 Å². The first-order chi connectivity index (χ1) is 8.83. The van der Waals surface area contributed by atoms with Crippen molar-refractivity contribution in [3.63, 3.8) is 0 Å². The van der Waals surface area contributed by atoms with E-state index < -0.39 is 0 Å². The molecule has 0 amide bonds. The summed E-state index contributed by atoms with van der Waals surface area (Å²) in [4.78, 5) is 0. The van der Waals surface area contributed by atoms with Gasteiger partial charge in [0.2, 0.25) is 5.89 Å². The van der Waals surface area contributed by atoms with E-state index in [1.54, 1.807) is 0 Å². The molecule has 0 saturated heterocycles. The zero-order chi connectivity index (χ0) is 12.8. The van der Waals surface area contributed by atoms with E-state index in [4.69, 9.17) is 14.4 Å². The van der Waals surface area contributed by atoms with Crippen LogP contribution < -0.4 is 4.74 Å². The topological polar surface area (TPSA) is 71.9 Å². The largest absolute Gasteiger partial charge is 0.494 e. The Bertz CT molecular complexity index is 545. The zero-order valence-corrected chi connectivity index (χ0v) is 10.6. The van der Waals surface area contributed by atoms with Crippen molar-refractivity contribution in [3.05, 3.63) is 24.3 Å². The SMILES string of the molecule is CCOc1ccc(-c2nnc(SCC#N)o2)cc1. The first kappa shape index (κ1) is 12.5. The molecule has 0 fully saturated rings. The number of hydrogen-bond donors (Lipinski definition) is 0. The van der Waals surface area contributed by atoms with Crippen LogP contribution >= 0.6 is 11.8 Å². The molecule has 0 saturated carbocycles. The lowest BCUT2D eigenvalue weighted by molar-refractivity contribution is 0.340. The van der Waals surface area contributed by atoms with E-state index >= 15 is 0 Å². The minimum atomic E-state index is 0.297. The van der Waals surface area contributed by atoms with Crippen molar-refractivity contribution in [3.8, 4) is 23.3 Å². The first-order valence-corrected chi connectivity index (χ1v) is 6.38. The third-order valence-corrected chi connectivity index (χ3v) is 2.76. The monoisotopic (exact) mass is 261 g/mol. The maximum absolute atomic E-state index is 8.46. The first-order valence-electron chi connectivity index (χ1n) is 5.40. The van der Waals surface area contributed by atoms with Gasteiger partial charge in [0, 0.05) is 5.56 Å². The number of hydrogen-bond acceptors (Lipinski definition) is 6. The smallest absolute Gasteiger partial charge is 0.277 e. The molecule has 0 unspecified atom stereocenters. The Morgan fingerprint density at radius 1 is 1.33 bits per heavy atom. The highest BCUT2D eigenvalue weighted by Gasteiger charge is 2.08. The molecule has 0 atom stereocenters. The highest BCUT2D eigenvalue weighted by atomic mass is 32.2. The molecular weight excluding hydrogens is 250 g/mol. The average Bonchev–Trinajstić information content (AvgIpc) is 2.86. The standard InChI is InChI=1S/C12H11N3O2S/c1-2-16-10-5-3-9(4-6-10)11-14-15-12(17-11)18-8-7-13/h3-6H,2,8H2,1H3. The van der Waals surface area contributed by atoms with E-state index in [0.717, 1.165) is 11.3 Å². The highest BCUT2D eigenvalue weighted by molar-refractivity contribution is 7.99. The van der Waals surface area contributed by atoms with Crippen LogP contribution in [0.15, 0.2) is 33.9 Å². The molecule has 92 valence electrons. The minimum absolute atomic E-state index is 0.297. The fourth-order valence-corrected chi connectivity index (χ4v) is 1.76. The molecule has 1 heterocycles. The van der Waals surface area contributed by atoms with E-state index in [0.29, 0.717) is 23.5 Å². The van der Waals surface area contributed by atoms with E-state index in [1.807, 2.05) is 37.3 Å². The fourth-order valence-electron chi connectivity index (χ4n) is 1.34. The van der Waals surface area contributed by atoms with Crippen molar-refractivity contribution in [2.45, 2.75) is 12.1 Å². The average molecular weight is 261 g/mol. The third-order valence-electron chi connectivity index (χ3n) is 2.08. The van der Waals surface area contributed by atoms with Crippen LogP contribution in [0.4, 0.5) is 0 Å². The summed E-state index contributed by atoms with van der Waals surface area (Å²) in [6.07, 6.45) is 0. The second-order valence-electron chi connectivity index (χ2n) is 3.28. The van der Waals surface area contributed by atoms with Crippen molar-refractivity contribution < 1.29 is 9.15 Å². The molecule has 0 radical (unpaired) electrons. The van der Waals surface area contributed by atoms with Gasteiger partial charge in [-0.15, -0.1) is 10.2 Å². The number of thioether (sulfide) groups is 1. The Balaban J connectivity index is 2.11. The van der Waals surface area contributed by atoms with Crippen LogP contribution in [0.3, 0.4) is 0 Å². The van der Waals surface area contributed by atoms with Gasteiger partial charge in [-0.2, -0.15) is 5.26 Å². The maximum atomic E-state index is 8.46. The Morgan fingerprint density at radius 3 is 2.78 bits per heavy atom. The number of rotatable bonds is 5. The van der Waals surface area contributed by atoms with Gasteiger partial charge in [-0.3, -0.25) is 0 Å². The van der Waals surface area contributed by atoms with Gasteiger partial charge in [0.05, 0.1) is 18.4 Å². The van der Waals surface area contributed by atoms with Crippen molar-refractivity contribution in [1.29, 1.82) is 5.26 Å². The Kier molecular flexibility index (Phi) is 4.20. The van der Waals surface area contributed by atoms with Gasteiger partial charge in [0.1, 0.15) is 5.75 Å². The fraction of sp³-hybridized carbons (Fsp3) is 0.250. The Hall–Kier alpha value is -2.00. The molecule has 0 spiro atoms. The van der Waals surface area contributed by atoms with Crippen LogP contribution in [0.1, 0.15) is 6.92 Å². The van der Waals surface area contributed by atoms with Gasteiger partial charge in [-0.1, -0.05) is 11.8 Å². The minimum Gasteiger partial charge on any atom is -0.494 e. The summed E-state index contributed by atoms with van der Waals surface area (Å²) < 4.78 is 10.8. The highest BCUT2D eigenvalue weighted by Crippen LogP contribution is 2.24. The lowest BCUT2D eigenvalue weighted by Crippen LogP contribution is -1.90. The second-order valence-corrected chi connectivity index (χ2v) is 4.20. The van der Waals surface area contributed by atoms with Crippen molar-refractivity contribution >= 4 is 11.8 Å². The summed E-state index contributed by atoms with van der Waals surface area (Å²) in [5.74, 6) is 1.54. The molecular formula is C12H11N3O2S. The second kappa shape index (κ2) is 6.07. The lowest BCUT2D eigenvalue weighted by Gasteiger charge is -2.02. The molecule has 0 bridgehead atoms. The van der Waals surface area contributed by atoms with Crippen LogP contribution in [0.25, 0.3) is 11.5 Å². The van der Waals surface area contributed by atoms with Crippen LogP contribution in [0.2, 0.25) is 0 Å². The van der Waals surface area contributed by atoms with Gasteiger partial charge < -0.3 is 9.15 Å². The lowest BCUT2D eigenvalue weighted by atomic mass is 10.2. The number of aromatic nitrogens is 2. The molecule has 0 aliphatic carbocycles. The summed E-state index contributed by atoms with van der Waals surface area (Å²) in [6, 6.07) is 9.43. The van der Waals surface area contributed by atoms with E-state index in [2.05, 4.69) is 10.2 Å². The Labute approximate surface area is 109 Å². The normalized spacial score (nSPS) is 10.0. The van der Waals surface area contributed by atoms with Crippen LogP contribution in [-0.4, -0.2) is 22.6 Å². The quantitative estimate of drug-likeness (QED) is 0.770. The van der Waals surface area contributed by atoms with Crippen LogP contribution in [-0.2, 0) is 0 Å². The molecule has 0 aliphatic heterocycles. The molecule has 2 aromatic rings. The van der Waals surface area contributed by atoms with E-state index in [1.165, 1.54) is 11.8 Å². The van der Waals surface area contributed by atoms with Crippen molar-refractivity contribution in [1.82, 2.24) is 10.2 Å². The van der Waals surface area contributed by atoms with Gasteiger partial charge >= 0.3 is 0 Å². The molecule has 0 N–H and O–H groups in total. The van der Waals surface area contributed by atoms with Crippen molar-refractivity contribution in [2.75, 3.05) is 12.4 Å². The molecule has 1 aromatic carbocycles. The number of benzene rings is 1. The number of nitrogens with zero attached hydrogens (tertiary/aromatic N) is 3. The third kappa shape index (κ3) is 3.02. The molecule has 1 aromatic heterocycles. The van der Waals surface area contributed by atoms with Gasteiger partial charge in [0.15, 0.2) is 0 Å². The molecule has 6 heteroatoms. The predicted molar refractivity (Wildman–Crippen MR) is 67.2 cm³/mol. The number of ether oxygens (including phenoxy) is 1. The maximum Gasteiger partial charge on any atom is 0.277 e. The Morgan fingerprint density at radius 2 is 2.11 bits per heavy atom. The number of nitriles is 1. The van der Waals surface area contributed by atoms with E-state index in [9.17, 15) is 0 Å².